The third-order valence-electron chi connectivity index (χ3n) is 0.798. The van der Waals surface area contributed by atoms with Crippen molar-refractivity contribution < 1.29 is 9.53 Å². The van der Waals surface area contributed by atoms with E-state index in [1.165, 1.54) is 14.2 Å². The van der Waals surface area contributed by atoms with Crippen LogP contribution in [-0.4, -0.2) is 20.1 Å². The predicted octanol–water partition coefficient (Wildman–Crippen LogP) is 0.780. The van der Waals surface area contributed by atoms with Crippen LogP contribution in [0.25, 0.3) is 0 Å². The highest BCUT2D eigenvalue weighted by Gasteiger charge is 2.21. The molecule has 0 aliphatic rings. The first-order valence-corrected chi connectivity index (χ1v) is 3.14. The molecule has 3 heteroatoms. The Morgan fingerprint density at radius 3 is 1.60 bits per heavy atom. The van der Waals surface area contributed by atoms with E-state index >= 15 is 0 Å². The van der Waals surface area contributed by atoms with Gasteiger partial charge in [-0.05, 0) is 27.8 Å². The summed E-state index contributed by atoms with van der Waals surface area (Å²) in [5, 5.41) is 0. The summed E-state index contributed by atoms with van der Waals surface area (Å²) in [6.07, 6.45) is 0. The number of hydrogen-bond donors (Lipinski definition) is 1. The van der Waals surface area contributed by atoms with Crippen LogP contribution in [-0.2, 0) is 9.53 Å². The highest BCUT2D eigenvalue weighted by molar-refractivity contribution is 5.75. The van der Waals surface area contributed by atoms with Gasteiger partial charge in [0.25, 0.3) is 0 Å². The number of esters is 1. The molecule has 0 spiro atoms. The molecule has 0 amide bonds. The second-order valence-corrected chi connectivity index (χ2v) is 2.74. The molecule has 0 radical (unpaired) electrons. The Labute approximate surface area is 62.5 Å². The van der Waals surface area contributed by atoms with Crippen LogP contribution in [0.4, 0.5) is 0 Å². The fourth-order valence-electron chi connectivity index (χ4n) is 0.306. The largest absolute Gasteiger partial charge is 0.469 e. The number of ether oxygens (including phenoxy) is 1. The number of carbonyl (C=O) groups is 1. The van der Waals surface area contributed by atoms with Crippen LogP contribution in [0, 0.1) is 5.41 Å². The average molecular weight is 147 g/mol. The first-order valence-electron chi connectivity index (χ1n) is 3.14. The van der Waals surface area contributed by atoms with Crippen LogP contribution >= 0.6 is 0 Å². The van der Waals surface area contributed by atoms with Crippen molar-refractivity contribution in [1.82, 2.24) is 0 Å². The van der Waals surface area contributed by atoms with E-state index in [1.807, 2.05) is 20.8 Å². The van der Waals surface area contributed by atoms with E-state index in [0.717, 1.165) is 0 Å². The maximum atomic E-state index is 10.6. The Hall–Kier alpha value is -0.570. The van der Waals surface area contributed by atoms with Crippen LogP contribution in [0.2, 0.25) is 0 Å². The van der Waals surface area contributed by atoms with E-state index in [-0.39, 0.29) is 11.4 Å². The third-order valence-corrected chi connectivity index (χ3v) is 0.798. The van der Waals surface area contributed by atoms with Gasteiger partial charge in [-0.15, -0.1) is 0 Å². The molecule has 0 aliphatic heterocycles. The molecule has 0 rings (SSSR count). The van der Waals surface area contributed by atoms with Gasteiger partial charge in [-0.2, -0.15) is 0 Å². The molecule has 0 aromatic carbocycles. The van der Waals surface area contributed by atoms with Crippen LogP contribution in [0.15, 0.2) is 0 Å². The first-order chi connectivity index (χ1) is 4.48. The summed E-state index contributed by atoms with van der Waals surface area (Å²) in [6.45, 7) is 5.45. The zero-order valence-corrected chi connectivity index (χ0v) is 7.39. The topological polar surface area (TPSA) is 52.3 Å². The van der Waals surface area contributed by atoms with Gasteiger partial charge in [-0.1, -0.05) is 0 Å². The lowest BCUT2D eigenvalue weighted by Crippen LogP contribution is -2.21. The second kappa shape index (κ2) is 5.23. The summed E-state index contributed by atoms with van der Waals surface area (Å²) >= 11 is 0. The van der Waals surface area contributed by atoms with Crippen molar-refractivity contribution in [2.24, 2.45) is 11.1 Å². The van der Waals surface area contributed by atoms with Crippen LogP contribution in [0.1, 0.15) is 20.8 Å². The average Bonchev–Trinajstić information content (AvgIpc) is 1.89. The first kappa shape index (κ1) is 12.1. The van der Waals surface area contributed by atoms with Crippen molar-refractivity contribution in [3.05, 3.63) is 0 Å². The number of rotatable bonds is 0. The molecule has 0 fully saturated rings. The minimum atomic E-state index is -0.352. The smallest absolute Gasteiger partial charge is 0.310 e. The van der Waals surface area contributed by atoms with Crippen molar-refractivity contribution in [1.29, 1.82) is 0 Å². The van der Waals surface area contributed by atoms with Crippen molar-refractivity contribution in [2.45, 2.75) is 20.8 Å². The molecule has 3 nitrogen and oxygen atoms in total. The minimum absolute atomic E-state index is 0.169. The van der Waals surface area contributed by atoms with Gasteiger partial charge in [0.15, 0.2) is 0 Å². The number of methoxy groups -OCH3 is 1. The van der Waals surface area contributed by atoms with Gasteiger partial charge in [-0.25, -0.2) is 0 Å². The molecule has 0 bridgehead atoms. The quantitative estimate of drug-likeness (QED) is 0.515. The van der Waals surface area contributed by atoms with Crippen LogP contribution in [0.5, 0.6) is 0 Å². The zero-order valence-electron chi connectivity index (χ0n) is 7.39. The minimum Gasteiger partial charge on any atom is -0.469 e. The van der Waals surface area contributed by atoms with Crippen molar-refractivity contribution >= 4 is 5.97 Å². The van der Waals surface area contributed by atoms with Gasteiger partial charge >= 0.3 is 5.97 Å². The molecule has 2 N–H and O–H groups in total. The predicted molar refractivity (Wildman–Crippen MR) is 41.6 cm³/mol. The molecule has 0 aromatic rings. The highest BCUT2D eigenvalue weighted by atomic mass is 16.5. The summed E-state index contributed by atoms with van der Waals surface area (Å²) in [5.74, 6) is -0.169. The van der Waals surface area contributed by atoms with Crippen molar-refractivity contribution in [2.75, 3.05) is 14.2 Å². The van der Waals surface area contributed by atoms with E-state index in [0.29, 0.717) is 0 Å². The summed E-state index contributed by atoms with van der Waals surface area (Å²) in [7, 11) is 2.90. The van der Waals surface area contributed by atoms with E-state index in [1.54, 1.807) is 0 Å². The molecule has 0 atom stereocenters. The van der Waals surface area contributed by atoms with E-state index in [4.69, 9.17) is 0 Å². The maximum Gasteiger partial charge on any atom is 0.310 e. The van der Waals surface area contributed by atoms with Gasteiger partial charge in [0.2, 0.25) is 0 Å². The Bertz CT molecular complexity index is 94.3. The highest BCUT2D eigenvalue weighted by Crippen LogP contribution is 2.13. The normalized spacial score (nSPS) is 9.40. The molecule has 10 heavy (non-hydrogen) atoms. The number of hydrogen-bond acceptors (Lipinski definition) is 3. The number of nitrogens with two attached hydrogens (primary N) is 1. The standard InChI is InChI=1S/C6H12O2.CH5N/c1-6(2,3)5(7)8-4;1-2/h1-4H3;2H2,1H3. The molecule has 0 aliphatic carbocycles. The lowest BCUT2D eigenvalue weighted by atomic mass is 9.98. The second-order valence-electron chi connectivity index (χ2n) is 2.74. The zero-order chi connectivity index (χ0) is 8.78. The molecule has 0 saturated carbocycles. The van der Waals surface area contributed by atoms with E-state index < -0.39 is 0 Å². The molecular formula is C7H17NO2. The van der Waals surface area contributed by atoms with Gasteiger partial charge in [-0.3, -0.25) is 4.79 Å². The molecule has 62 valence electrons. The van der Waals surface area contributed by atoms with Crippen LogP contribution < -0.4 is 5.73 Å². The third kappa shape index (κ3) is 5.56. The molecule has 0 aromatic heterocycles. The lowest BCUT2D eigenvalue weighted by molar-refractivity contribution is -0.149. The van der Waals surface area contributed by atoms with Gasteiger partial charge in [0.1, 0.15) is 0 Å². The molecule has 0 heterocycles. The summed E-state index contributed by atoms with van der Waals surface area (Å²) in [6, 6.07) is 0. The van der Waals surface area contributed by atoms with Crippen LogP contribution in [0.3, 0.4) is 0 Å². The van der Waals surface area contributed by atoms with E-state index in [9.17, 15) is 4.79 Å². The van der Waals surface area contributed by atoms with Gasteiger partial charge in [0, 0.05) is 0 Å². The Morgan fingerprint density at radius 2 is 1.60 bits per heavy atom. The molecule has 0 unspecified atom stereocenters. The maximum absolute atomic E-state index is 10.6. The van der Waals surface area contributed by atoms with Crippen molar-refractivity contribution in [3.8, 4) is 0 Å². The fourth-order valence-corrected chi connectivity index (χ4v) is 0.306. The number of carbonyl (C=O) groups excluding carboxylic acids is 1. The van der Waals surface area contributed by atoms with Crippen molar-refractivity contribution in [3.63, 3.8) is 0 Å². The Balaban J connectivity index is 0. The molecule has 0 saturated heterocycles. The van der Waals surface area contributed by atoms with Gasteiger partial charge < -0.3 is 10.5 Å². The Kier molecular flexibility index (Phi) is 6.35. The fraction of sp³-hybridized carbons (Fsp3) is 0.857. The van der Waals surface area contributed by atoms with Gasteiger partial charge in [0.05, 0.1) is 12.5 Å². The Morgan fingerprint density at radius 1 is 1.30 bits per heavy atom. The summed E-state index contributed by atoms with van der Waals surface area (Å²) in [5.41, 5.74) is 4.15. The lowest BCUT2D eigenvalue weighted by Gasteiger charge is -2.13. The molecular weight excluding hydrogens is 130 g/mol. The SMILES string of the molecule is CN.COC(=O)C(C)(C)C. The van der Waals surface area contributed by atoms with E-state index in [2.05, 4.69) is 10.5 Å². The summed E-state index contributed by atoms with van der Waals surface area (Å²) < 4.78 is 4.48. The monoisotopic (exact) mass is 147 g/mol. The summed E-state index contributed by atoms with van der Waals surface area (Å²) in [4.78, 5) is 10.6.